The highest BCUT2D eigenvalue weighted by Gasteiger charge is 2.52. The van der Waals surface area contributed by atoms with E-state index in [9.17, 15) is 0 Å². The highest BCUT2D eigenvalue weighted by Crippen LogP contribution is 2.64. The molecule has 0 atom stereocenters. The Bertz CT molecular complexity index is 3720. The molecule has 2 aliphatic carbocycles. The third-order valence-electron chi connectivity index (χ3n) is 12.0. The van der Waals surface area contributed by atoms with Crippen molar-refractivity contribution in [3.8, 4) is 51.0 Å². The Balaban J connectivity index is 1.16. The van der Waals surface area contributed by atoms with E-state index < -0.39 is 35.6 Å². The van der Waals surface area contributed by atoms with Crippen LogP contribution in [-0.2, 0) is 5.41 Å². The van der Waals surface area contributed by atoms with Crippen LogP contribution in [-0.4, -0.2) is 19.5 Å². The average molecular weight is 732 g/mol. The van der Waals surface area contributed by atoms with Crippen molar-refractivity contribution in [2.75, 3.05) is 0 Å². The van der Waals surface area contributed by atoms with E-state index in [1.807, 2.05) is 59.2 Å². The van der Waals surface area contributed by atoms with Crippen LogP contribution in [0.5, 0.6) is 0 Å². The second-order valence-corrected chi connectivity index (χ2v) is 14.7. The summed E-state index contributed by atoms with van der Waals surface area (Å²) in [5.41, 5.74) is 12.7. The SMILES string of the molecule is [2H]c1c([2H])c([2H])c(-c2nc(-c3cccc4oc5ccccc5c34)nc(-n3c4ccccc4c4c5c(ccc43)C3(c4ccccc4-c4ccccc43)c3ccccc3-5)n2)c([2H])c1[2H]. The minimum absolute atomic E-state index is 0.0395. The highest BCUT2D eigenvalue weighted by atomic mass is 16.3. The number of para-hydroxylation sites is 2. The van der Waals surface area contributed by atoms with Crippen LogP contribution in [0.15, 0.2) is 186 Å². The lowest BCUT2D eigenvalue weighted by Gasteiger charge is -2.30. The first-order chi connectivity index (χ1) is 30.4. The molecule has 3 aromatic heterocycles. The summed E-state index contributed by atoms with van der Waals surface area (Å²) < 4.78 is 51.8. The van der Waals surface area contributed by atoms with E-state index in [0.717, 1.165) is 43.7 Å². The third-order valence-corrected chi connectivity index (χ3v) is 12.0. The fourth-order valence-electron chi connectivity index (χ4n) is 9.88. The average Bonchev–Trinajstić information content (AvgIpc) is 4.04. The van der Waals surface area contributed by atoms with E-state index in [-0.39, 0.29) is 23.2 Å². The van der Waals surface area contributed by atoms with Gasteiger partial charge < -0.3 is 4.42 Å². The van der Waals surface area contributed by atoms with Gasteiger partial charge in [0.15, 0.2) is 11.6 Å². The lowest BCUT2D eigenvalue weighted by molar-refractivity contribution is 0.669. The summed E-state index contributed by atoms with van der Waals surface area (Å²) in [6.45, 7) is 0. The molecule has 5 nitrogen and oxygen atoms in total. The van der Waals surface area contributed by atoms with Gasteiger partial charge in [-0.25, -0.2) is 4.98 Å². The third kappa shape index (κ3) is 3.94. The van der Waals surface area contributed by atoms with Gasteiger partial charge in [0.25, 0.3) is 0 Å². The van der Waals surface area contributed by atoms with E-state index in [0.29, 0.717) is 16.7 Å². The summed E-state index contributed by atoms with van der Waals surface area (Å²) in [5.74, 6) is 0.470. The molecule has 0 unspecified atom stereocenters. The van der Waals surface area contributed by atoms with Gasteiger partial charge >= 0.3 is 0 Å². The highest BCUT2D eigenvalue weighted by molar-refractivity contribution is 6.19. The maximum atomic E-state index is 9.01. The summed E-state index contributed by atoms with van der Waals surface area (Å²) in [4.78, 5) is 15.2. The lowest BCUT2D eigenvalue weighted by atomic mass is 9.70. The van der Waals surface area contributed by atoms with Crippen LogP contribution in [0, 0.1) is 0 Å². The molecule has 0 saturated carbocycles. The van der Waals surface area contributed by atoms with Crippen molar-refractivity contribution >= 4 is 43.7 Å². The Kier molecular flexibility index (Phi) is 5.16. The van der Waals surface area contributed by atoms with Crippen molar-refractivity contribution in [2.24, 2.45) is 0 Å². The Morgan fingerprint density at radius 3 is 1.86 bits per heavy atom. The molecule has 57 heavy (non-hydrogen) atoms. The predicted octanol–water partition coefficient (Wildman–Crippen LogP) is 12.5. The van der Waals surface area contributed by atoms with E-state index in [1.54, 1.807) is 0 Å². The number of hydrogen-bond acceptors (Lipinski definition) is 4. The van der Waals surface area contributed by atoms with Gasteiger partial charge in [-0.2, -0.15) is 9.97 Å². The summed E-state index contributed by atoms with van der Waals surface area (Å²) >= 11 is 0. The molecule has 0 aliphatic heterocycles. The Hall–Kier alpha value is -7.63. The molecule has 0 radical (unpaired) electrons. The van der Waals surface area contributed by atoms with Crippen LogP contribution < -0.4 is 0 Å². The van der Waals surface area contributed by atoms with Gasteiger partial charge in [0.05, 0.1) is 23.3 Å². The van der Waals surface area contributed by atoms with Gasteiger partial charge in [0.1, 0.15) is 11.2 Å². The summed E-state index contributed by atoms with van der Waals surface area (Å²) in [5, 5.41) is 3.71. The van der Waals surface area contributed by atoms with Gasteiger partial charge in [-0.1, -0.05) is 158 Å². The maximum Gasteiger partial charge on any atom is 0.238 e. The zero-order valence-electron chi connectivity index (χ0n) is 35.1. The number of fused-ring (bicyclic) bond motifs is 17. The zero-order chi connectivity index (χ0) is 41.6. The Morgan fingerprint density at radius 2 is 1.07 bits per heavy atom. The van der Waals surface area contributed by atoms with Crippen LogP contribution in [0.25, 0.3) is 94.7 Å². The molecule has 11 aromatic rings. The molecule has 5 heteroatoms. The quantitative estimate of drug-likeness (QED) is 0.182. The molecule has 1 spiro atoms. The first-order valence-corrected chi connectivity index (χ1v) is 19.0. The Morgan fingerprint density at radius 1 is 0.456 bits per heavy atom. The van der Waals surface area contributed by atoms with Gasteiger partial charge in [0.2, 0.25) is 5.95 Å². The van der Waals surface area contributed by atoms with Gasteiger partial charge in [0, 0.05) is 32.7 Å². The lowest BCUT2D eigenvalue weighted by Crippen LogP contribution is -2.25. The fourth-order valence-corrected chi connectivity index (χ4v) is 9.88. The van der Waals surface area contributed by atoms with Crippen molar-refractivity contribution in [3.63, 3.8) is 0 Å². The number of aromatic nitrogens is 4. The molecule has 264 valence electrons. The van der Waals surface area contributed by atoms with Crippen LogP contribution in [0.2, 0.25) is 0 Å². The van der Waals surface area contributed by atoms with Crippen molar-refractivity contribution < 1.29 is 11.3 Å². The van der Waals surface area contributed by atoms with E-state index in [1.165, 1.54) is 33.4 Å². The van der Waals surface area contributed by atoms with E-state index in [2.05, 4.69) is 97.1 Å². The Labute approximate surface area is 334 Å². The second-order valence-electron chi connectivity index (χ2n) is 14.7. The normalized spacial score (nSPS) is 14.6. The molecule has 13 rings (SSSR count). The first-order valence-electron chi connectivity index (χ1n) is 21.5. The van der Waals surface area contributed by atoms with Crippen molar-refractivity contribution in [1.29, 1.82) is 0 Å². The number of hydrogen-bond donors (Lipinski definition) is 0. The largest absolute Gasteiger partial charge is 0.456 e. The molecule has 0 N–H and O–H groups in total. The molecular formula is C52H30N4O. The summed E-state index contributed by atoms with van der Waals surface area (Å²) in [6, 6.07) is 50.1. The molecule has 8 aromatic carbocycles. The standard InChI is InChI=1S/C52H30N4O/c1-2-15-31(16-3-1)49-53-50(37-22-14-28-45-46(37)36-21-8-13-27-44(36)57-45)55-51(54-49)56-42-26-12-7-20-35(42)48-43(56)30-29-41-47(48)34-19-6-11-25-40(34)52(41)38-23-9-4-17-32(38)33-18-5-10-24-39(33)52/h1-30H/i1D,2D,3D,15D,16D. The number of benzene rings is 8. The van der Waals surface area contributed by atoms with Crippen LogP contribution in [0.3, 0.4) is 0 Å². The monoisotopic (exact) mass is 731 g/mol. The minimum Gasteiger partial charge on any atom is -0.456 e. The predicted molar refractivity (Wildman–Crippen MR) is 229 cm³/mol. The second kappa shape index (κ2) is 11.2. The molecule has 3 heterocycles. The number of rotatable bonds is 3. The first kappa shape index (κ1) is 26.2. The smallest absolute Gasteiger partial charge is 0.238 e. The molecule has 0 bridgehead atoms. The molecule has 2 aliphatic rings. The van der Waals surface area contributed by atoms with Crippen LogP contribution in [0.1, 0.15) is 29.1 Å². The van der Waals surface area contributed by atoms with Crippen molar-refractivity contribution in [1.82, 2.24) is 19.5 Å². The van der Waals surface area contributed by atoms with Crippen molar-refractivity contribution in [3.05, 3.63) is 204 Å². The number of nitrogens with zero attached hydrogens (tertiary/aromatic N) is 4. The van der Waals surface area contributed by atoms with Gasteiger partial charge in [-0.05, 0) is 68.8 Å². The van der Waals surface area contributed by atoms with Crippen LogP contribution in [0.4, 0.5) is 0 Å². The topological polar surface area (TPSA) is 56.7 Å². The molecule has 0 saturated heterocycles. The number of furan rings is 1. The van der Waals surface area contributed by atoms with Gasteiger partial charge in [-0.15, -0.1) is 0 Å². The molecule has 0 fully saturated rings. The molecule has 0 amide bonds. The zero-order valence-corrected chi connectivity index (χ0v) is 30.1. The van der Waals surface area contributed by atoms with Crippen LogP contribution >= 0.6 is 0 Å². The van der Waals surface area contributed by atoms with Gasteiger partial charge in [-0.3, -0.25) is 4.57 Å². The van der Waals surface area contributed by atoms with E-state index >= 15 is 0 Å². The summed E-state index contributed by atoms with van der Waals surface area (Å²) in [7, 11) is 0. The minimum atomic E-state index is -0.545. The maximum absolute atomic E-state index is 9.01. The fraction of sp³-hybridized carbons (Fsp3) is 0.0192. The van der Waals surface area contributed by atoms with E-state index in [4.69, 9.17) is 26.2 Å². The van der Waals surface area contributed by atoms with Crippen molar-refractivity contribution in [2.45, 2.75) is 5.41 Å². The molecular weight excluding hydrogens is 697 g/mol. The summed E-state index contributed by atoms with van der Waals surface area (Å²) in [6.07, 6.45) is 0.